The van der Waals surface area contributed by atoms with Crippen LogP contribution in [0.2, 0.25) is 0 Å². The average molecular weight is 447 g/mol. The highest BCUT2D eigenvalue weighted by Crippen LogP contribution is 2.32. The fourth-order valence-corrected chi connectivity index (χ4v) is 3.31. The van der Waals surface area contributed by atoms with Gasteiger partial charge in [-0.15, -0.1) is 0 Å². The Hall–Kier alpha value is -3.07. The molecule has 6 nitrogen and oxygen atoms in total. The van der Waals surface area contributed by atoms with E-state index in [0.717, 1.165) is 40.1 Å². The molecule has 1 aliphatic rings. The molecule has 4 rings (SSSR count). The van der Waals surface area contributed by atoms with Crippen LogP contribution < -0.4 is 15.0 Å². The number of benzene rings is 2. The number of hydrogen-bond donors (Lipinski definition) is 2. The van der Waals surface area contributed by atoms with E-state index in [0.29, 0.717) is 18.8 Å². The van der Waals surface area contributed by atoms with Gasteiger partial charge in [-0.3, -0.25) is 0 Å². The Morgan fingerprint density at radius 2 is 2.11 bits per heavy atom. The van der Waals surface area contributed by atoms with Gasteiger partial charge in [0, 0.05) is 10.5 Å². The van der Waals surface area contributed by atoms with Gasteiger partial charge in [-0.1, -0.05) is 15.9 Å². The summed E-state index contributed by atoms with van der Waals surface area (Å²) in [4.78, 5) is 11.5. The molecular formula is C19H15BrF2N5O+. The fourth-order valence-electron chi connectivity index (χ4n) is 2.95. The number of aromatic nitrogens is 2. The molecule has 0 atom stereocenters. The van der Waals surface area contributed by atoms with Crippen molar-refractivity contribution < 1.29 is 18.1 Å². The number of imidazole rings is 1. The van der Waals surface area contributed by atoms with Crippen LogP contribution in [0.1, 0.15) is 5.69 Å². The maximum atomic E-state index is 14.0. The standard InChI is InChI=1S/C19H14BrF2N5O/c20-11-1-4-17-13(7-11)19-26-16(9-27(19)5-6-28-17)18(24-10-23)25-15-3-2-12(21)8-14(15)22/h1-4,7-10H,5-6H2,(H2,23,24,25)/p+1. The third-order valence-electron chi connectivity index (χ3n) is 4.19. The monoisotopic (exact) mass is 446 g/mol. The number of H-pyrrole nitrogens is 1. The molecule has 0 radical (unpaired) electrons. The first-order valence-corrected chi connectivity index (χ1v) is 9.18. The van der Waals surface area contributed by atoms with Crippen LogP contribution in [-0.4, -0.2) is 23.8 Å². The SMILES string of the molecule is NC=NC(=Nc1ccc(F)cc1F)c1c[n+]2c([nH]1)-c1cc(Br)ccc1OCC2. The minimum Gasteiger partial charge on any atom is -0.489 e. The number of aliphatic imine (C=N–C) groups is 2. The van der Waals surface area contributed by atoms with Crippen molar-refractivity contribution in [1.29, 1.82) is 0 Å². The Balaban J connectivity index is 1.83. The molecule has 0 saturated heterocycles. The molecule has 0 bridgehead atoms. The zero-order chi connectivity index (χ0) is 19.7. The van der Waals surface area contributed by atoms with E-state index in [1.54, 1.807) is 0 Å². The number of ether oxygens (including phenoxy) is 1. The van der Waals surface area contributed by atoms with E-state index in [4.69, 9.17) is 10.5 Å². The lowest BCUT2D eigenvalue weighted by molar-refractivity contribution is -0.684. The second-order valence-corrected chi connectivity index (χ2v) is 6.92. The maximum absolute atomic E-state index is 14.0. The van der Waals surface area contributed by atoms with Crippen LogP contribution in [0, 0.1) is 11.6 Å². The lowest BCUT2D eigenvalue weighted by Gasteiger charge is -2.04. The summed E-state index contributed by atoms with van der Waals surface area (Å²) in [6.45, 7) is 1.09. The number of hydrogen-bond acceptors (Lipinski definition) is 2. The lowest BCUT2D eigenvalue weighted by atomic mass is 10.2. The highest BCUT2D eigenvalue weighted by molar-refractivity contribution is 9.10. The van der Waals surface area contributed by atoms with E-state index in [1.165, 1.54) is 6.07 Å². The molecular weight excluding hydrogens is 432 g/mol. The Morgan fingerprint density at radius 3 is 2.89 bits per heavy atom. The van der Waals surface area contributed by atoms with Crippen molar-refractivity contribution >= 4 is 33.8 Å². The quantitative estimate of drug-likeness (QED) is 0.359. The third-order valence-corrected chi connectivity index (χ3v) is 4.68. The molecule has 2 heterocycles. The van der Waals surface area contributed by atoms with Crippen molar-refractivity contribution in [2.45, 2.75) is 6.54 Å². The van der Waals surface area contributed by atoms with Gasteiger partial charge in [0.2, 0.25) is 11.5 Å². The second-order valence-electron chi connectivity index (χ2n) is 6.01. The Bertz CT molecular complexity index is 1110. The summed E-state index contributed by atoms with van der Waals surface area (Å²) in [5.74, 6) is 0.250. The van der Waals surface area contributed by atoms with Crippen LogP contribution in [0.25, 0.3) is 11.4 Å². The number of fused-ring (bicyclic) bond motifs is 3. The minimum atomic E-state index is -0.784. The zero-order valence-corrected chi connectivity index (χ0v) is 16.1. The van der Waals surface area contributed by atoms with Gasteiger partial charge < -0.3 is 10.5 Å². The molecule has 9 heteroatoms. The molecule has 3 aromatic rings. The molecule has 0 amide bonds. The summed E-state index contributed by atoms with van der Waals surface area (Å²) in [5.41, 5.74) is 6.81. The van der Waals surface area contributed by atoms with E-state index in [9.17, 15) is 8.78 Å². The van der Waals surface area contributed by atoms with Crippen molar-refractivity contribution in [3.63, 3.8) is 0 Å². The van der Waals surface area contributed by atoms with E-state index >= 15 is 0 Å². The van der Waals surface area contributed by atoms with Gasteiger partial charge >= 0.3 is 0 Å². The van der Waals surface area contributed by atoms with Crippen LogP contribution in [0.5, 0.6) is 5.75 Å². The Morgan fingerprint density at radius 1 is 1.25 bits per heavy atom. The minimum absolute atomic E-state index is 0.0386. The number of rotatable bonds is 2. The van der Waals surface area contributed by atoms with Crippen LogP contribution >= 0.6 is 15.9 Å². The number of nitrogens with zero attached hydrogens (tertiary/aromatic N) is 3. The third kappa shape index (κ3) is 3.53. The van der Waals surface area contributed by atoms with Gasteiger partial charge in [-0.2, -0.15) is 0 Å². The second kappa shape index (κ2) is 7.51. The first-order valence-electron chi connectivity index (χ1n) is 8.38. The number of amidine groups is 1. The summed E-state index contributed by atoms with van der Waals surface area (Å²) in [5, 5.41) is 0. The molecule has 1 aliphatic heterocycles. The van der Waals surface area contributed by atoms with Gasteiger partial charge in [-0.25, -0.2) is 28.3 Å². The maximum Gasteiger partial charge on any atom is 0.291 e. The van der Waals surface area contributed by atoms with Gasteiger partial charge in [0.25, 0.3) is 5.82 Å². The van der Waals surface area contributed by atoms with Crippen molar-refractivity contribution in [1.82, 2.24) is 4.98 Å². The zero-order valence-electron chi connectivity index (χ0n) is 14.5. The van der Waals surface area contributed by atoms with Gasteiger partial charge in [0.15, 0.2) is 5.82 Å². The fraction of sp³-hybridized carbons (Fsp3) is 0.105. The summed E-state index contributed by atoms with van der Waals surface area (Å²) in [7, 11) is 0. The molecule has 3 N–H and O–H groups in total. The Labute approximate surface area is 167 Å². The van der Waals surface area contributed by atoms with Crippen molar-refractivity contribution in [3.8, 4) is 17.1 Å². The molecule has 0 aliphatic carbocycles. The van der Waals surface area contributed by atoms with Gasteiger partial charge in [-0.05, 0) is 30.3 Å². The summed E-state index contributed by atoms with van der Waals surface area (Å²) < 4.78 is 35.8. The number of nitrogens with one attached hydrogen (secondary N) is 1. The topological polar surface area (TPSA) is 79.6 Å². The smallest absolute Gasteiger partial charge is 0.291 e. The van der Waals surface area contributed by atoms with Gasteiger partial charge in [0.05, 0.1) is 6.34 Å². The highest BCUT2D eigenvalue weighted by atomic mass is 79.9. The van der Waals surface area contributed by atoms with E-state index in [-0.39, 0.29) is 11.5 Å². The van der Waals surface area contributed by atoms with Crippen molar-refractivity contribution in [2.24, 2.45) is 15.7 Å². The molecule has 142 valence electrons. The van der Waals surface area contributed by atoms with Crippen molar-refractivity contribution in [3.05, 3.63) is 64.4 Å². The highest BCUT2D eigenvalue weighted by Gasteiger charge is 2.26. The van der Waals surface area contributed by atoms with Crippen LogP contribution in [0.4, 0.5) is 14.5 Å². The molecule has 0 saturated carbocycles. The van der Waals surface area contributed by atoms with Crippen LogP contribution in [0.3, 0.4) is 0 Å². The van der Waals surface area contributed by atoms with Crippen LogP contribution in [0.15, 0.2) is 57.1 Å². The molecule has 0 fully saturated rings. The summed E-state index contributed by atoms with van der Waals surface area (Å²) in [6.07, 6.45) is 2.88. The molecule has 0 unspecified atom stereocenters. The average Bonchev–Trinajstić information content (AvgIpc) is 3.01. The predicted octanol–water partition coefficient (Wildman–Crippen LogP) is 3.47. The molecule has 28 heavy (non-hydrogen) atoms. The summed E-state index contributed by atoms with van der Waals surface area (Å²) >= 11 is 3.47. The normalized spacial score (nSPS) is 13.8. The molecule has 0 spiro atoms. The first kappa shape index (κ1) is 18.3. The Kier molecular flexibility index (Phi) is 4.91. The summed E-state index contributed by atoms with van der Waals surface area (Å²) in [6, 6.07) is 8.88. The predicted molar refractivity (Wildman–Crippen MR) is 105 cm³/mol. The largest absolute Gasteiger partial charge is 0.489 e. The number of nitrogens with two attached hydrogens (primary N) is 1. The van der Waals surface area contributed by atoms with E-state index < -0.39 is 11.6 Å². The van der Waals surface area contributed by atoms with Gasteiger partial charge in [0.1, 0.15) is 42.2 Å². The van der Waals surface area contributed by atoms with Crippen molar-refractivity contribution in [2.75, 3.05) is 6.61 Å². The van der Waals surface area contributed by atoms with Crippen LogP contribution in [-0.2, 0) is 6.54 Å². The first-order chi connectivity index (χ1) is 13.5. The number of aromatic amines is 1. The lowest BCUT2D eigenvalue weighted by Crippen LogP contribution is -2.35. The van der Waals surface area contributed by atoms with E-state index in [2.05, 4.69) is 30.9 Å². The number of halogens is 3. The molecule has 2 aromatic carbocycles. The van der Waals surface area contributed by atoms with E-state index in [1.807, 2.05) is 29.0 Å². The molecule has 1 aromatic heterocycles.